The zero-order chi connectivity index (χ0) is 15.1. The molecule has 9 heteroatoms. The van der Waals surface area contributed by atoms with E-state index in [2.05, 4.69) is 15.1 Å². The molecule has 0 bridgehead atoms. The maximum atomic E-state index is 11.9. The Kier molecular flexibility index (Phi) is 3.30. The van der Waals surface area contributed by atoms with Gasteiger partial charge in [0, 0.05) is 5.69 Å². The third-order valence-corrected chi connectivity index (χ3v) is 2.89. The van der Waals surface area contributed by atoms with E-state index in [4.69, 9.17) is 22.7 Å². The fourth-order valence-corrected chi connectivity index (χ4v) is 1.71. The largest absolute Gasteiger partial charge is 0.444 e. The van der Waals surface area contributed by atoms with Crippen LogP contribution in [0.5, 0.6) is 0 Å². The van der Waals surface area contributed by atoms with Crippen molar-refractivity contribution >= 4 is 29.9 Å². The monoisotopic (exact) mass is 295 g/mol. The molecule has 0 aliphatic rings. The van der Waals surface area contributed by atoms with E-state index in [9.17, 15) is 9.59 Å². The molecule has 0 aliphatic carbocycles. The molecular formula is C11H13N5O3S. The Labute approximate surface area is 119 Å². The lowest BCUT2D eigenvalue weighted by atomic mass is 10.1. The molecule has 0 fully saturated rings. The maximum Gasteiger partial charge on any atom is 0.376 e. The summed E-state index contributed by atoms with van der Waals surface area (Å²) >= 11 is 5.12. The summed E-state index contributed by atoms with van der Waals surface area (Å²) in [4.78, 5) is 31.2. The molecule has 0 saturated heterocycles. The van der Waals surface area contributed by atoms with Crippen LogP contribution in [-0.2, 0) is 9.53 Å². The van der Waals surface area contributed by atoms with E-state index in [1.54, 1.807) is 13.0 Å². The SMILES string of the molecule is Cc1cc(=S)n2[nH]c(C(=O)OC(C)(C)C(N)=O)nc2n1. The van der Waals surface area contributed by atoms with E-state index in [1.165, 1.54) is 18.4 Å². The summed E-state index contributed by atoms with van der Waals surface area (Å²) in [5.41, 5.74) is 4.38. The van der Waals surface area contributed by atoms with Crippen molar-refractivity contribution in [1.82, 2.24) is 19.6 Å². The van der Waals surface area contributed by atoms with Crippen molar-refractivity contribution in [2.24, 2.45) is 5.73 Å². The van der Waals surface area contributed by atoms with Gasteiger partial charge in [0.2, 0.25) is 5.82 Å². The van der Waals surface area contributed by atoms with Crippen molar-refractivity contribution in [2.45, 2.75) is 26.4 Å². The molecule has 8 nitrogen and oxygen atoms in total. The average Bonchev–Trinajstić information content (AvgIpc) is 2.72. The standard InChI is InChI=1S/C11H13N5O3S/c1-5-4-6(20)16-10(13-5)14-7(15-16)8(17)19-11(2,3)9(12)18/h4H,1-3H3,(H2,12,18)(H,13,14,15). The molecule has 1 amide bonds. The normalized spacial score (nSPS) is 11.6. The highest BCUT2D eigenvalue weighted by Crippen LogP contribution is 2.11. The number of hydrogen-bond acceptors (Lipinski definition) is 6. The van der Waals surface area contributed by atoms with Gasteiger partial charge in [-0.2, -0.15) is 4.98 Å². The Morgan fingerprint density at radius 2 is 2.10 bits per heavy atom. The Morgan fingerprint density at radius 3 is 2.70 bits per heavy atom. The number of H-pyrrole nitrogens is 1. The van der Waals surface area contributed by atoms with Gasteiger partial charge in [-0.15, -0.1) is 0 Å². The Balaban J connectivity index is 2.39. The summed E-state index contributed by atoms with van der Waals surface area (Å²) in [6, 6.07) is 1.66. The van der Waals surface area contributed by atoms with Gasteiger partial charge in [-0.25, -0.2) is 14.3 Å². The van der Waals surface area contributed by atoms with Crippen LogP contribution >= 0.6 is 12.2 Å². The van der Waals surface area contributed by atoms with Crippen LogP contribution in [0.3, 0.4) is 0 Å². The molecule has 2 rings (SSSR count). The fraction of sp³-hybridized carbons (Fsp3) is 0.364. The number of primary amides is 1. The van der Waals surface area contributed by atoms with Gasteiger partial charge in [-0.3, -0.25) is 9.89 Å². The van der Waals surface area contributed by atoms with Gasteiger partial charge in [0.1, 0.15) is 4.64 Å². The molecule has 3 N–H and O–H groups in total. The quantitative estimate of drug-likeness (QED) is 0.630. The lowest BCUT2D eigenvalue weighted by Crippen LogP contribution is -2.42. The number of aryl methyl sites for hydroxylation is 1. The lowest BCUT2D eigenvalue weighted by Gasteiger charge is -2.19. The van der Waals surface area contributed by atoms with Crippen molar-refractivity contribution in [2.75, 3.05) is 0 Å². The van der Waals surface area contributed by atoms with Gasteiger partial charge < -0.3 is 10.5 Å². The molecule has 0 unspecified atom stereocenters. The molecule has 2 aromatic heterocycles. The van der Waals surface area contributed by atoms with E-state index >= 15 is 0 Å². The number of amides is 1. The van der Waals surface area contributed by atoms with E-state index in [0.29, 0.717) is 10.3 Å². The minimum absolute atomic E-state index is 0.108. The molecule has 0 aromatic carbocycles. The molecule has 0 saturated carbocycles. The first-order valence-electron chi connectivity index (χ1n) is 5.70. The van der Waals surface area contributed by atoms with Crippen molar-refractivity contribution in [3.8, 4) is 0 Å². The number of hydrogen-bond donors (Lipinski definition) is 2. The first kappa shape index (κ1) is 14.1. The van der Waals surface area contributed by atoms with Crippen LogP contribution in [-0.4, -0.2) is 37.1 Å². The minimum Gasteiger partial charge on any atom is -0.444 e. The molecule has 0 radical (unpaired) electrons. The summed E-state index contributed by atoms with van der Waals surface area (Å²) in [6.07, 6.45) is 0. The summed E-state index contributed by atoms with van der Waals surface area (Å²) in [7, 11) is 0. The Bertz CT molecular complexity index is 761. The fourth-order valence-electron chi connectivity index (χ4n) is 1.41. The van der Waals surface area contributed by atoms with Crippen molar-refractivity contribution in [3.63, 3.8) is 0 Å². The highest BCUT2D eigenvalue weighted by molar-refractivity contribution is 7.71. The number of ether oxygens (including phenoxy) is 1. The maximum absolute atomic E-state index is 11.9. The molecule has 0 spiro atoms. The van der Waals surface area contributed by atoms with Crippen LogP contribution in [0.2, 0.25) is 0 Å². The van der Waals surface area contributed by atoms with Crippen LogP contribution in [0.25, 0.3) is 5.78 Å². The first-order chi connectivity index (χ1) is 9.20. The number of nitrogens with one attached hydrogen (secondary N) is 1. The van der Waals surface area contributed by atoms with Crippen LogP contribution in [0.1, 0.15) is 30.2 Å². The Hall–Kier alpha value is -2.29. The molecule has 106 valence electrons. The average molecular weight is 295 g/mol. The number of nitrogens with zero attached hydrogens (tertiary/aromatic N) is 3. The van der Waals surface area contributed by atoms with Gasteiger partial charge in [0.15, 0.2) is 5.60 Å². The van der Waals surface area contributed by atoms with Gasteiger partial charge in [-0.05, 0) is 26.8 Å². The number of rotatable bonds is 3. The Morgan fingerprint density at radius 1 is 1.45 bits per heavy atom. The van der Waals surface area contributed by atoms with Gasteiger partial charge in [-0.1, -0.05) is 12.2 Å². The molecular weight excluding hydrogens is 282 g/mol. The number of aromatic amines is 1. The highest BCUT2D eigenvalue weighted by atomic mass is 32.1. The second kappa shape index (κ2) is 4.67. The van der Waals surface area contributed by atoms with E-state index in [0.717, 1.165) is 0 Å². The number of nitrogens with two attached hydrogens (primary N) is 1. The molecule has 0 aliphatic heterocycles. The highest BCUT2D eigenvalue weighted by Gasteiger charge is 2.31. The number of carbonyl (C=O) groups excluding carboxylic acids is 2. The number of fused-ring (bicyclic) bond motifs is 1. The molecule has 2 aromatic rings. The number of carbonyl (C=O) groups is 2. The lowest BCUT2D eigenvalue weighted by molar-refractivity contribution is -0.134. The summed E-state index contributed by atoms with van der Waals surface area (Å²) in [5, 5.41) is 2.66. The van der Waals surface area contributed by atoms with Crippen molar-refractivity contribution in [3.05, 3.63) is 22.2 Å². The second-order valence-corrected chi connectivity index (χ2v) is 5.13. The van der Waals surface area contributed by atoms with Gasteiger partial charge in [0.05, 0.1) is 0 Å². The van der Waals surface area contributed by atoms with Gasteiger partial charge >= 0.3 is 5.97 Å². The summed E-state index contributed by atoms with van der Waals surface area (Å²) < 4.78 is 6.80. The van der Waals surface area contributed by atoms with Crippen LogP contribution in [0.15, 0.2) is 6.07 Å². The third-order valence-electron chi connectivity index (χ3n) is 2.59. The molecule has 2 heterocycles. The predicted octanol–water partition coefficient (Wildman–Crippen LogP) is 0.516. The van der Waals surface area contributed by atoms with Crippen molar-refractivity contribution in [1.29, 1.82) is 0 Å². The summed E-state index contributed by atoms with van der Waals surface area (Å²) in [5.74, 6) is -1.43. The van der Waals surface area contributed by atoms with Crippen LogP contribution < -0.4 is 5.73 Å². The van der Waals surface area contributed by atoms with Crippen LogP contribution in [0, 0.1) is 11.6 Å². The topological polar surface area (TPSA) is 115 Å². The predicted molar refractivity (Wildman–Crippen MR) is 71.6 cm³/mol. The first-order valence-corrected chi connectivity index (χ1v) is 6.11. The van der Waals surface area contributed by atoms with E-state index in [1.807, 2.05) is 0 Å². The van der Waals surface area contributed by atoms with E-state index in [-0.39, 0.29) is 11.6 Å². The second-order valence-electron chi connectivity index (χ2n) is 4.71. The van der Waals surface area contributed by atoms with Crippen molar-refractivity contribution < 1.29 is 14.3 Å². The zero-order valence-electron chi connectivity index (χ0n) is 11.1. The third kappa shape index (κ3) is 2.52. The number of aromatic nitrogens is 4. The summed E-state index contributed by atoms with van der Waals surface area (Å²) in [6.45, 7) is 4.55. The molecule has 20 heavy (non-hydrogen) atoms. The van der Waals surface area contributed by atoms with Crippen LogP contribution in [0.4, 0.5) is 0 Å². The number of esters is 1. The molecule has 0 atom stereocenters. The van der Waals surface area contributed by atoms with E-state index < -0.39 is 17.5 Å². The minimum atomic E-state index is -1.43. The zero-order valence-corrected chi connectivity index (χ0v) is 11.9. The smallest absolute Gasteiger partial charge is 0.376 e. The van der Waals surface area contributed by atoms with Gasteiger partial charge in [0.25, 0.3) is 11.7 Å².